The zero-order valence-corrected chi connectivity index (χ0v) is 14.9. The lowest BCUT2D eigenvalue weighted by molar-refractivity contribution is -0.130. The number of aryl methyl sites for hydroxylation is 1. The number of carbonyl (C=O) groups excluding carboxylic acids is 1. The summed E-state index contributed by atoms with van der Waals surface area (Å²) < 4.78 is 7.65. The van der Waals surface area contributed by atoms with Gasteiger partial charge in [-0.3, -0.25) is 9.69 Å². The van der Waals surface area contributed by atoms with Gasteiger partial charge in [0.05, 0.1) is 13.2 Å². The maximum absolute atomic E-state index is 12.7. The Morgan fingerprint density at radius 2 is 1.96 bits per heavy atom. The number of nitrogens with zero attached hydrogens (tertiary/aromatic N) is 3. The topological polar surface area (TPSA) is 37.7 Å². The number of ether oxygens (including phenoxy) is 1. The standard InChI is InChI=1S/C20H27N3O2/c1-16-14-23(15-19(16)22-10-12-25-13-11-22)20(24)7-9-21-8-6-17-4-2-3-5-18(17)21/h2-6,8,16,19H,7,9-15H2,1H3/t16-,19+/m1/s1. The van der Waals surface area contributed by atoms with Crippen molar-refractivity contribution in [2.75, 3.05) is 39.4 Å². The number of rotatable bonds is 4. The molecule has 4 rings (SSSR count). The van der Waals surface area contributed by atoms with Gasteiger partial charge >= 0.3 is 0 Å². The molecule has 0 spiro atoms. The van der Waals surface area contributed by atoms with Crippen molar-refractivity contribution in [2.24, 2.45) is 5.92 Å². The molecule has 3 heterocycles. The third-order valence-corrected chi connectivity index (χ3v) is 5.69. The Labute approximate surface area is 149 Å². The van der Waals surface area contributed by atoms with Crippen molar-refractivity contribution in [1.29, 1.82) is 0 Å². The van der Waals surface area contributed by atoms with E-state index in [4.69, 9.17) is 4.74 Å². The molecule has 2 aromatic rings. The summed E-state index contributed by atoms with van der Waals surface area (Å²) in [5.41, 5.74) is 1.20. The van der Waals surface area contributed by atoms with Crippen LogP contribution in [0.2, 0.25) is 0 Å². The summed E-state index contributed by atoms with van der Waals surface area (Å²) in [6.07, 6.45) is 2.66. The van der Waals surface area contributed by atoms with Crippen LogP contribution in [-0.2, 0) is 16.1 Å². The highest BCUT2D eigenvalue weighted by atomic mass is 16.5. The van der Waals surface area contributed by atoms with Crippen molar-refractivity contribution < 1.29 is 9.53 Å². The van der Waals surface area contributed by atoms with Crippen LogP contribution in [-0.4, -0.2) is 65.7 Å². The molecule has 1 aromatic heterocycles. The number of likely N-dealkylation sites (tertiary alicyclic amines) is 1. The molecule has 2 aliphatic rings. The van der Waals surface area contributed by atoms with Crippen LogP contribution in [0.1, 0.15) is 13.3 Å². The number of morpholine rings is 1. The SMILES string of the molecule is C[C@@H]1CN(C(=O)CCn2ccc3ccccc32)C[C@@H]1N1CCOCC1. The van der Waals surface area contributed by atoms with Gasteiger partial charge in [-0.1, -0.05) is 25.1 Å². The van der Waals surface area contributed by atoms with E-state index >= 15 is 0 Å². The summed E-state index contributed by atoms with van der Waals surface area (Å²) in [5, 5.41) is 1.23. The van der Waals surface area contributed by atoms with E-state index in [-0.39, 0.29) is 5.91 Å². The molecule has 25 heavy (non-hydrogen) atoms. The molecule has 0 unspecified atom stereocenters. The van der Waals surface area contributed by atoms with Gasteiger partial charge in [-0.05, 0) is 23.4 Å². The summed E-state index contributed by atoms with van der Waals surface area (Å²) >= 11 is 0. The minimum absolute atomic E-state index is 0.278. The molecule has 5 nitrogen and oxygen atoms in total. The third kappa shape index (κ3) is 3.44. The number of amides is 1. The normalized spacial score (nSPS) is 24.9. The largest absolute Gasteiger partial charge is 0.379 e. The van der Waals surface area contributed by atoms with Crippen LogP contribution < -0.4 is 0 Å². The number of benzene rings is 1. The first-order valence-corrected chi connectivity index (χ1v) is 9.36. The fraction of sp³-hybridized carbons (Fsp3) is 0.550. The highest BCUT2D eigenvalue weighted by Crippen LogP contribution is 2.23. The monoisotopic (exact) mass is 341 g/mol. The molecule has 2 atom stereocenters. The minimum atomic E-state index is 0.278. The second-order valence-electron chi connectivity index (χ2n) is 7.31. The van der Waals surface area contributed by atoms with Crippen LogP contribution in [0.25, 0.3) is 10.9 Å². The lowest BCUT2D eigenvalue weighted by Gasteiger charge is -2.34. The molecule has 2 fully saturated rings. The number of aromatic nitrogens is 1. The van der Waals surface area contributed by atoms with Crippen molar-refractivity contribution in [3.63, 3.8) is 0 Å². The van der Waals surface area contributed by atoms with Gasteiger partial charge in [-0.2, -0.15) is 0 Å². The highest BCUT2D eigenvalue weighted by molar-refractivity contribution is 5.80. The molecule has 5 heteroatoms. The molecule has 1 amide bonds. The molecule has 1 aromatic carbocycles. The highest BCUT2D eigenvalue weighted by Gasteiger charge is 2.36. The van der Waals surface area contributed by atoms with Crippen molar-refractivity contribution >= 4 is 16.8 Å². The molecule has 0 N–H and O–H groups in total. The zero-order valence-electron chi connectivity index (χ0n) is 14.9. The molecule has 0 radical (unpaired) electrons. The Hall–Kier alpha value is -1.85. The second-order valence-corrected chi connectivity index (χ2v) is 7.31. The Balaban J connectivity index is 1.35. The quantitative estimate of drug-likeness (QED) is 0.856. The van der Waals surface area contributed by atoms with Gasteiger partial charge in [0.2, 0.25) is 5.91 Å². The van der Waals surface area contributed by atoms with Gasteiger partial charge in [0.25, 0.3) is 0 Å². The maximum atomic E-state index is 12.7. The molecule has 0 saturated carbocycles. The predicted molar refractivity (Wildman–Crippen MR) is 98.5 cm³/mol. The lowest BCUT2D eigenvalue weighted by Crippen LogP contribution is -2.47. The fourth-order valence-electron chi connectivity index (χ4n) is 4.25. The number of hydrogen-bond acceptors (Lipinski definition) is 3. The van der Waals surface area contributed by atoms with Gasteiger partial charge in [0, 0.05) is 56.9 Å². The van der Waals surface area contributed by atoms with Crippen LogP contribution >= 0.6 is 0 Å². The van der Waals surface area contributed by atoms with Gasteiger partial charge in [-0.25, -0.2) is 0 Å². The van der Waals surface area contributed by atoms with Crippen LogP contribution in [0.5, 0.6) is 0 Å². The summed E-state index contributed by atoms with van der Waals surface area (Å²) in [6.45, 7) is 8.39. The van der Waals surface area contributed by atoms with Gasteiger partial charge in [0.1, 0.15) is 0 Å². The molecule has 2 saturated heterocycles. The molecular formula is C20H27N3O2. The van der Waals surface area contributed by atoms with E-state index in [1.54, 1.807) is 0 Å². The van der Waals surface area contributed by atoms with Crippen molar-refractivity contribution in [3.8, 4) is 0 Å². The van der Waals surface area contributed by atoms with E-state index in [9.17, 15) is 4.79 Å². The van der Waals surface area contributed by atoms with Gasteiger partial charge in [-0.15, -0.1) is 0 Å². The number of carbonyl (C=O) groups is 1. The van der Waals surface area contributed by atoms with Crippen LogP contribution in [0.3, 0.4) is 0 Å². The Morgan fingerprint density at radius 3 is 2.80 bits per heavy atom. The lowest BCUT2D eigenvalue weighted by atomic mass is 10.0. The first-order chi connectivity index (χ1) is 12.2. The average molecular weight is 341 g/mol. The maximum Gasteiger partial charge on any atom is 0.224 e. The van der Waals surface area contributed by atoms with E-state index in [1.807, 2.05) is 0 Å². The van der Waals surface area contributed by atoms with Crippen molar-refractivity contribution in [2.45, 2.75) is 25.9 Å². The summed E-state index contributed by atoms with van der Waals surface area (Å²) in [7, 11) is 0. The number of para-hydroxylation sites is 1. The first kappa shape index (κ1) is 16.6. The van der Waals surface area contributed by atoms with E-state index in [1.165, 1.54) is 10.9 Å². The van der Waals surface area contributed by atoms with E-state index in [2.05, 4.69) is 57.8 Å². The second kappa shape index (κ2) is 7.18. The van der Waals surface area contributed by atoms with E-state index < -0.39 is 0 Å². The van der Waals surface area contributed by atoms with Gasteiger partial charge < -0.3 is 14.2 Å². The van der Waals surface area contributed by atoms with E-state index in [0.717, 1.165) is 45.9 Å². The van der Waals surface area contributed by atoms with Crippen molar-refractivity contribution in [3.05, 3.63) is 36.5 Å². The van der Waals surface area contributed by atoms with E-state index in [0.29, 0.717) is 18.4 Å². The van der Waals surface area contributed by atoms with Crippen molar-refractivity contribution in [1.82, 2.24) is 14.4 Å². The molecule has 0 aliphatic carbocycles. The fourth-order valence-corrected chi connectivity index (χ4v) is 4.25. The first-order valence-electron chi connectivity index (χ1n) is 9.36. The molecule has 134 valence electrons. The predicted octanol–water partition coefficient (Wildman–Crippen LogP) is 2.21. The molecule has 2 aliphatic heterocycles. The van der Waals surface area contributed by atoms with Crippen LogP contribution in [0.4, 0.5) is 0 Å². The van der Waals surface area contributed by atoms with Crippen LogP contribution in [0, 0.1) is 5.92 Å². The average Bonchev–Trinajstić information content (AvgIpc) is 3.24. The summed E-state index contributed by atoms with van der Waals surface area (Å²) in [4.78, 5) is 17.3. The molecule has 0 bridgehead atoms. The zero-order chi connectivity index (χ0) is 17.2. The smallest absolute Gasteiger partial charge is 0.224 e. The number of hydrogen-bond donors (Lipinski definition) is 0. The summed E-state index contributed by atoms with van der Waals surface area (Å²) in [5.74, 6) is 0.815. The Bertz CT molecular complexity index is 735. The molecular weight excluding hydrogens is 314 g/mol. The summed E-state index contributed by atoms with van der Waals surface area (Å²) in [6, 6.07) is 10.9. The minimum Gasteiger partial charge on any atom is -0.379 e. The Kier molecular flexibility index (Phi) is 4.77. The number of fused-ring (bicyclic) bond motifs is 1. The Morgan fingerprint density at radius 1 is 1.16 bits per heavy atom. The van der Waals surface area contributed by atoms with Crippen LogP contribution in [0.15, 0.2) is 36.5 Å². The van der Waals surface area contributed by atoms with Gasteiger partial charge in [0.15, 0.2) is 0 Å². The third-order valence-electron chi connectivity index (χ3n) is 5.69.